The number of benzene rings is 1. The molecule has 0 atom stereocenters. The molecule has 3 aromatic rings. The summed E-state index contributed by atoms with van der Waals surface area (Å²) in [6.07, 6.45) is 3.68. The Hall–Kier alpha value is -3.63. The minimum absolute atomic E-state index is 0.0236. The van der Waals surface area contributed by atoms with E-state index in [0.29, 0.717) is 23.1 Å². The van der Waals surface area contributed by atoms with E-state index in [9.17, 15) is 0 Å². The number of fused-ring (bicyclic) bond motifs is 2. The summed E-state index contributed by atoms with van der Waals surface area (Å²) in [5.41, 5.74) is 12.0. The van der Waals surface area contributed by atoms with Gasteiger partial charge < -0.3 is 35.2 Å². The van der Waals surface area contributed by atoms with Crippen molar-refractivity contribution in [3.8, 4) is 5.75 Å². The normalized spacial score (nSPS) is 16.1. The summed E-state index contributed by atoms with van der Waals surface area (Å²) >= 11 is 0. The quantitative estimate of drug-likeness (QED) is 0.429. The Morgan fingerprint density at radius 1 is 1.11 bits per heavy atom. The largest absolute Gasteiger partial charge is 0.494 e. The summed E-state index contributed by atoms with van der Waals surface area (Å²) in [7, 11) is 7.80. The van der Waals surface area contributed by atoms with Crippen LogP contribution in [-0.4, -0.2) is 81.0 Å². The molecule has 10 nitrogen and oxygen atoms in total. The topological polar surface area (TPSA) is 105 Å². The smallest absolute Gasteiger partial charge is 0.229 e. The number of nitrogens with one attached hydrogen (secondary N) is 1. The van der Waals surface area contributed by atoms with Crippen molar-refractivity contribution in [2.45, 2.75) is 25.2 Å². The lowest BCUT2D eigenvalue weighted by atomic mass is 9.78. The fourth-order valence-electron chi connectivity index (χ4n) is 5.32. The Balaban J connectivity index is 1.42. The van der Waals surface area contributed by atoms with Gasteiger partial charge in [0.1, 0.15) is 11.6 Å². The molecular formula is C28H38N8O2. The second-order valence-electron chi connectivity index (χ2n) is 10.5. The highest BCUT2D eigenvalue weighted by atomic mass is 16.5. The fraction of sp³-hybridized carbons (Fsp3) is 0.464. The third-order valence-corrected chi connectivity index (χ3v) is 7.52. The first-order valence-corrected chi connectivity index (χ1v) is 13.1. The SMILES string of the molecule is COc1cc(N(C)CCN(C)C)c(N)cc1Nc1nccc(N2CC3(CCOCC3)c3nc(C)ccc32)n1. The van der Waals surface area contributed by atoms with Gasteiger partial charge in [0.05, 0.1) is 35.6 Å². The Morgan fingerprint density at radius 3 is 2.63 bits per heavy atom. The molecule has 4 heterocycles. The third kappa shape index (κ3) is 5.06. The van der Waals surface area contributed by atoms with Gasteiger partial charge >= 0.3 is 0 Å². The van der Waals surface area contributed by atoms with E-state index in [1.165, 1.54) is 0 Å². The Morgan fingerprint density at radius 2 is 1.89 bits per heavy atom. The number of hydrogen-bond acceptors (Lipinski definition) is 10. The Labute approximate surface area is 224 Å². The highest BCUT2D eigenvalue weighted by Crippen LogP contribution is 2.48. The molecule has 5 rings (SSSR count). The molecule has 2 aliphatic heterocycles. The van der Waals surface area contributed by atoms with Crippen molar-refractivity contribution in [3.05, 3.63) is 47.9 Å². The fourth-order valence-corrected chi connectivity index (χ4v) is 5.32. The van der Waals surface area contributed by atoms with Crippen LogP contribution in [0.2, 0.25) is 0 Å². The summed E-state index contributed by atoms with van der Waals surface area (Å²) in [5.74, 6) is 1.97. The van der Waals surface area contributed by atoms with Crippen LogP contribution < -0.4 is 25.6 Å². The number of rotatable bonds is 8. The molecule has 3 N–H and O–H groups in total. The first kappa shape index (κ1) is 26.0. The highest BCUT2D eigenvalue weighted by molar-refractivity contribution is 5.79. The van der Waals surface area contributed by atoms with Gasteiger partial charge in [-0.2, -0.15) is 4.98 Å². The molecule has 0 radical (unpaired) electrons. The molecule has 2 aromatic heterocycles. The number of aryl methyl sites for hydroxylation is 1. The summed E-state index contributed by atoms with van der Waals surface area (Å²) in [4.78, 5) is 20.9. The maximum atomic E-state index is 6.46. The van der Waals surface area contributed by atoms with Gasteiger partial charge in [-0.25, -0.2) is 4.98 Å². The van der Waals surface area contributed by atoms with Gasteiger partial charge in [0.15, 0.2) is 0 Å². The van der Waals surface area contributed by atoms with Gasteiger partial charge in [-0.3, -0.25) is 4.98 Å². The van der Waals surface area contributed by atoms with Crippen LogP contribution in [0.1, 0.15) is 24.2 Å². The molecule has 0 unspecified atom stereocenters. The zero-order valence-corrected chi connectivity index (χ0v) is 23.0. The summed E-state index contributed by atoms with van der Waals surface area (Å²) in [5, 5.41) is 3.33. The average Bonchev–Trinajstić information content (AvgIpc) is 3.20. The molecule has 202 valence electrons. The lowest BCUT2D eigenvalue weighted by Crippen LogP contribution is -2.38. The van der Waals surface area contributed by atoms with Gasteiger partial charge in [-0.05, 0) is 58.1 Å². The van der Waals surface area contributed by atoms with Crippen LogP contribution in [0.5, 0.6) is 5.75 Å². The van der Waals surface area contributed by atoms with Crippen molar-refractivity contribution in [2.75, 3.05) is 82.0 Å². The molecule has 1 saturated heterocycles. The van der Waals surface area contributed by atoms with Crippen LogP contribution in [0.15, 0.2) is 36.5 Å². The molecular weight excluding hydrogens is 480 g/mol. The molecule has 0 bridgehead atoms. The van der Waals surface area contributed by atoms with E-state index in [0.717, 1.165) is 74.3 Å². The lowest BCUT2D eigenvalue weighted by molar-refractivity contribution is 0.0545. The molecule has 0 aliphatic carbocycles. The van der Waals surface area contributed by atoms with Crippen LogP contribution in [0, 0.1) is 6.92 Å². The van der Waals surface area contributed by atoms with Crippen LogP contribution >= 0.6 is 0 Å². The van der Waals surface area contributed by atoms with Gasteiger partial charge in [-0.1, -0.05) is 0 Å². The molecule has 1 spiro atoms. The number of likely N-dealkylation sites (N-methyl/N-ethyl adjacent to an activating group) is 2. The molecule has 0 saturated carbocycles. The van der Waals surface area contributed by atoms with E-state index in [-0.39, 0.29) is 5.41 Å². The number of aromatic nitrogens is 3. The van der Waals surface area contributed by atoms with E-state index >= 15 is 0 Å². The van der Waals surface area contributed by atoms with E-state index < -0.39 is 0 Å². The lowest BCUT2D eigenvalue weighted by Gasteiger charge is -2.33. The van der Waals surface area contributed by atoms with Crippen molar-refractivity contribution in [1.82, 2.24) is 19.9 Å². The first-order chi connectivity index (χ1) is 18.3. The van der Waals surface area contributed by atoms with E-state index in [1.807, 2.05) is 32.2 Å². The Bertz CT molecular complexity index is 1290. The van der Waals surface area contributed by atoms with Crippen LogP contribution in [0.3, 0.4) is 0 Å². The number of methoxy groups -OCH3 is 1. The molecule has 1 aromatic carbocycles. The van der Waals surface area contributed by atoms with Crippen molar-refractivity contribution >= 4 is 34.5 Å². The number of nitrogens with two attached hydrogens (primary N) is 1. The minimum Gasteiger partial charge on any atom is -0.494 e. The van der Waals surface area contributed by atoms with Crippen molar-refractivity contribution in [2.24, 2.45) is 0 Å². The predicted molar refractivity (Wildman–Crippen MR) is 152 cm³/mol. The Kier molecular flexibility index (Phi) is 7.27. The van der Waals surface area contributed by atoms with Crippen molar-refractivity contribution in [1.29, 1.82) is 0 Å². The number of ether oxygens (including phenoxy) is 2. The maximum absolute atomic E-state index is 6.46. The monoisotopic (exact) mass is 518 g/mol. The predicted octanol–water partition coefficient (Wildman–Crippen LogP) is 3.71. The minimum atomic E-state index is -0.0236. The van der Waals surface area contributed by atoms with Crippen molar-refractivity contribution < 1.29 is 9.47 Å². The van der Waals surface area contributed by atoms with Gasteiger partial charge in [0.25, 0.3) is 0 Å². The van der Waals surface area contributed by atoms with E-state index in [2.05, 4.69) is 51.2 Å². The van der Waals surface area contributed by atoms with Crippen LogP contribution in [0.25, 0.3) is 0 Å². The first-order valence-electron chi connectivity index (χ1n) is 13.1. The number of hydrogen-bond donors (Lipinski definition) is 2. The second-order valence-corrected chi connectivity index (χ2v) is 10.5. The second kappa shape index (κ2) is 10.6. The van der Waals surface area contributed by atoms with E-state index in [4.69, 9.17) is 25.2 Å². The zero-order chi connectivity index (χ0) is 26.9. The van der Waals surface area contributed by atoms with Crippen molar-refractivity contribution in [3.63, 3.8) is 0 Å². The van der Waals surface area contributed by atoms with Crippen LogP contribution in [0.4, 0.5) is 34.5 Å². The molecule has 1 fully saturated rings. The summed E-state index contributed by atoms with van der Waals surface area (Å²) in [6, 6.07) is 10.0. The number of anilines is 6. The molecule has 10 heteroatoms. The number of nitrogens with zero attached hydrogens (tertiary/aromatic N) is 6. The number of nitrogen functional groups attached to an aromatic ring is 1. The van der Waals surface area contributed by atoms with E-state index in [1.54, 1.807) is 13.3 Å². The summed E-state index contributed by atoms with van der Waals surface area (Å²) in [6.45, 7) is 6.14. The number of pyridine rings is 1. The molecule has 0 amide bonds. The van der Waals surface area contributed by atoms with Gasteiger partial charge in [-0.15, -0.1) is 0 Å². The average molecular weight is 519 g/mol. The van der Waals surface area contributed by atoms with Gasteiger partial charge in [0, 0.05) is 63.3 Å². The summed E-state index contributed by atoms with van der Waals surface area (Å²) < 4.78 is 11.4. The standard InChI is InChI=1S/C28H38N8O2/c1-19-6-7-22-26(31-19)28(9-14-38-15-10-28)18-36(22)25-8-11-30-27(33-25)32-21-16-20(29)23(17-24(21)37-5)35(4)13-12-34(2)3/h6-8,11,16-17H,9-10,12-15,18,29H2,1-5H3,(H,30,32,33). The third-order valence-electron chi connectivity index (χ3n) is 7.52. The molecule has 38 heavy (non-hydrogen) atoms. The maximum Gasteiger partial charge on any atom is 0.229 e. The van der Waals surface area contributed by atoms with Gasteiger partial charge in [0.2, 0.25) is 5.95 Å². The van der Waals surface area contributed by atoms with Crippen LogP contribution in [-0.2, 0) is 10.2 Å². The molecule has 2 aliphatic rings. The zero-order valence-electron chi connectivity index (χ0n) is 23.0. The highest BCUT2D eigenvalue weighted by Gasteiger charge is 2.46.